The zero-order valence-corrected chi connectivity index (χ0v) is 20.3. The number of hydrogen-bond acceptors (Lipinski definition) is 7. The fourth-order valence-corrected chi connectivity index (χ4v) is 4.51. The Morgan fingerprint density at radius 3 is 2.22 bits per heavy atom. The third kappa shape index (κ3) is 6.05. The van der Waals surface area contributed by atoms with Gasteiger partial charge in [-0.3, -0.25) is 14.9 Å². The number of carbonyl (C=O) groups is 3. The number of ether oxygens (including phenoxy) is 3. The Balaban J connectivity index is 1.53. The lowest BCUT2D eigenvalue weighted by molar-refractivity contribution is -0.130. The van der Waals surface area contributed by atoms with Gasteiger partial charge in [0.2, 0.25) is 5.91 Å². The first-order valence-electron chi connectivity index (χ1n) is 10.9. The second-order valence-electron chi connectivity index (χ2n) is 7.87. The number of carbonyl (C=O) groups excluding carboxylic acids is 2. The molecule has 1 unspecified atom stereocenters. The molecular formula is C27H23NO7S. The van der Waals surface area contributed by atoms with Crippen molar-refractivity contribution in [3.63, 3.8) is 0 Å². The van der Waals surface area contributed by atoms with Crippen molar-refractivity contribution in [2.75, 3.05) is 14.2 Å². The zero-order valence-electron chi connectivity index (χ0n) is 19.5. The maximum Gasteiger partial charge on any atom is 0.336 e. The summed E-state index contributed by atoms with van der Waals surface area (Å²) in [5.41, 5.74) is 2.05. The van der Waals surface area contributed by atoms with Gasteiger partial charge < -0.3 is 19.3 Å². The van der Waals surface area contributed by atoms with Gasteiger partial charge in [0, 0.05) is 6.07 Å². The number of thioether (sulfide) groups is 1. The maximum atomic E-state index is 12.1. The third-order valence-electron chi connectivity index (χ3n) is 5.41. The molecule has 3 aromatic carbocycles. The summed E-state index contributed by atoms with van der Waals surface area (Å²) in [6, 6.07) is 19.1. The predicted molar refractivity (Wildman–Crippen MR) is 137 cm³/mol. The Bertz CT molecular complexity index is 1310. The van der Waals surface area contributed by atoms with E-state index in [4.69, 9.17) is 14.2 Å². The van der Waals surface area contributed by atoms with Crippen molar-refractivity contribution in [1.29, 1.82) is 0 Å². The number of imide groups is 1. The molecule has 0 saturated carbocycles. The van der Waals surface area contributed by atoms with E-state index in [1.54, 1.807) is 60.7 Å². The summed E-state index contributed by atoms with van der Waals surface area (Å²) in [6.45, 7) is 0. The molecule has 1 heterocycles. The molecule has 0 bridgehead atoms. The van der Waals surface area contributed by atoms with Crippen LogP contribution in [0.3, 0.4) is 0 Å². The Labute approximate surface area is 211 Å². The SMILES string of the molecule is COc1cc(/C=C(/C(=O)O)c2cccc(Oc3ccc(CC4SC(=O)NC4=O)cc3)c2)cc(OC)c1. The van der Waals surface area contributed by atoms with E-state index in [9.17, 15) is 19.5 Å². The molecule has 36 heavy (non-hydrogen) atoms. The predicted octanol–water partition coefficient (Wildman–Crippen LogP) is 5.02. The molecule has 3 aromatic rings. The first kappa shape index (κ1) is 24.9. The van der Waals surface area contributed by atoms with Gasteiger partial charge in [-0.15, -0.1) is 0 Å². The minimum atomic E-state index is -1.09. The summed E-state index contributed by atoms with van der Waals surface area (Å²) in [6.07, 6.45) is 1.98. The summed E-state index contributed by atoms with van der Waals surface area (Å²) in [7, 11) is 3.05. The van der Waals surface area contributed by atoms with Crippen molar-refractivity contribution in [1.82, 2.24) is 5.32 Å². The van der Waals surface area contributed by atoms with E-state index in [0.717, 1.165) is 17.3 Å². The van der Waals surface area contributed by atoms with Gasteiger partial charge >= 0.3 is 5.97 Å². The summed E-state index contributed by atoms with van der Waals surface area (Å²) in [5.74, 6) is 0.734. The van der Waals surface area contributed by atoms with Gasteiger partial charge in [-0.25, -0.2) is 4.79 Å². The molecule has 1 aliphatic heterocycles. The monoisotopic (exact) mass is 505 g/mol. The average Bonchev–Trinajstić information content (AvgIpc) is 3.19. The molecule has 1 fully saturated rings. The van der Waals surface area contributed by atoms with E-state index in [1.807, 2.05) is 12.1 Å². The number of aliphatic carboxylic acids is 1. The molecule has 9 heteroatoms. The molecule has 0 spiro atoms. The number of rotatable bonds is 9. The van der Waals surface area contributed by atoms with Crippen LogP contribution in [-0.4, -0.2) is 41.7 Å². The van der Waals surface area contributed by atoms with Crippen LogP contribution < -0.4 is 19.5 Å². The smallest absolute Gasteiger partial charge is 0.336 e. The lowest BCUT2D eigenvalue weighted by Gasteiger charge is -2.11. The van der Waals surface area contributed by atoms with Crippen LogP contribution in [-0.2, 0) is 16.0 Å². The molecule has 1 atom stereocenters. The Hall–Kier alpha value is -4.24. The van der Waals surface area contributed by atoms with Crippen molar-refractivity contribution in [3.8, 4) is 23.0 Å². The maximum absolute atomic E-state index is 12.1. The van der Waals surface area contributed by atoms with E-state index < -0.39 is 11.2 Å². The number of hydrogen-bond donors (Lipinski definition) is 2. The highest BCUT2D eigenvalue weighted by molar-refractivity contribution is 8.15. The quantitative estimate of drug-likeness (QED) is 0.308. The molecule has 4 rings (SSSR count). The first-order chi connectivity index (χ1) is 17.3. The van der Waals surface area contributed by atoms with Crippen LogP contribution >= 0.6 is 11.8 Å². The fraction of sp³-hybridized carbons (Fsp3) is 0.148. The number of nitrogens with one attached hydrogen (secondary N) is 1. The van der Waals surface area contributed by atoms with Crippen LogP contribution in [0.25, 0.3) is 11.6 Å². The molecule has 1 saturated heterocycles. The van der Waals surface area contributed by atoms with Gasteiger partial charge in [0.15, 0.2) is 0 Å². The summed E-state index contributed by atoms with van der Waals surface area (Å²) >= 11 is 0.988. The lowest BCUT2D eigenvalue weighted by atomic mass is 10.0. The van der Waals surface area contributed by atoms with E-state index in [1.165, 1.54) is 14.2 Å². The van der Waals surface area contributed by atoms with E-state index in [-0.39, 0.29) is 16.7 Å². The van der Waals surface area contributed by atoms with Crippen LogP contribution in [0.5, 0.6) is 23.0 Å². The summed E-state index contributed by atoms with van der Waals surface area (Å²) in [5, 5.41) is 11.4. The topological polar surface area (TPSA) is 111 Å². The van der Waals surface area contributed by atoms with Crippen LogP contribution in [0, 0.1) is 0 Å². The molecular weight excluding hydrogens is 482 g/mol. The first-order valence-corrected chi connectivity index (χ1v) is 11.8. The molecule has 1 aliphatic rings. The zero-order chi connectivity index (χ0) is 25.7. The number of benzene rings is 3. The summed E-state index contributed by atoms with van der Waals surface area (Å²) in [4.78, 5) is 35.2. The second-order valence-corrected chi connectivity index (χ2v) is 9.05. The van der Waals surface area contributed by atoms with Crippen LogP contribution in [0.4, 0.5) is 4.79 Å². The molecule has 184 valence electrons. The third-order valence-corrected chi connectivity index (χ3v) is 6.39. The highest BCUT2D eigenvalue weighted by Gasteiger charge is 2.31. The van der Waals surface area contributed by atoms with Gasteiger partial charge in [0.25, 0.3) is 5.24 Å². The highest BCUT2D eigenvalue weighted by Crippen LogP contribution is 2.30. The largest absolute Gasteiger partial charge is 0.497 e. The Morgan fingerprint density at radius 1 is 0.944 bits per heavy atom. The number of carboxylic acid groups (broad SMARTS) is 1. The average molecular weight is 506 g/mol. The Kier molecular flexibility index (Phi) is 7.60. The standard InChI is InChI=1S/C27H23NO7S/c1-33-21-10-17(11-22(15-21)34-2)12-23(26(30)31)18-4-3-5-20(14-18)35-19-8-6-16(7-9-19)13-24-25(29)28-27(32)36-24/h3-12,14-15,24H,13H2,1-2H3,(H,30,31)(H,28,29,32)/b23-12+. The minimum absolute atomic E-state index is 0.0768. The van der Waals surface area contributed by atoms with Gasteiger partial charge in [-0.1, -0.05) is 36.0 Å². The number of methoxy groups -OCH3 is 2. The van der Waals surface area contributed by atoms with Crippen molar-refractivity contribution >= 4 is 40.5 Å². The summed E-state index contributed by atoms with van der Waals surface area (Å²) < 4.78 is 16.5. The van der Waals surface area contributed by atoms with Gasteiger partial charge in [0.1, 0.15) is 23.0 Å². The lowest BCUT2D eigenvalue weighted by Crippen LogP contribution is -2.25. The normalized spacial score (nSPS) is 15.4. The molecule has 2 amide bonds. The van der Waals surface area contributed by atoms with Crippen molar-refractivity contribution in [2.45, 2.75) is 11.7 Å². The molecule has 0 radical (unpaired) electrons. The Morgan fingerprint density at radius 2 is 1.64 bits per heavy atom. The van der Waals surface area contributed by atoms with Crippen molar-refractivity contribution < 1.29 is 33.7 Å². The van der Waals surface area contributed by atoms with Crippen molar-refractivity contribution in [2.24, 2.45) is 0 Å². The van der Waals surface area contributed by atoms with Crippen molar-refractivity contribution in [3.05, 3.63) is 83.4 Å². The van der Waals surface area contributed by atoms with E-state index >= 15 is 0 Å². The highest BCUT2D eigenvalue weighted by atomic mass is 32.2. The second kappa shape index (κ2) is 11.0. The number of carboxylic acids is 1. The van der Waals surface area contributed by atoms with Crippen LogP contribution in [0.2, 0.25) is 0 Å². The van der Waals surface area contributed by atoms with Gasteiger partial charge in [-0.2, -0.15) is 0 Å². The molecule has 8 nitrogen and oxygen atoms in total. The molecule has 0 aromatic heterocycles. The molecule has 0 aliphatic carbocycles. The minimum Gasteiger partial charge on any atom is -0.497 e. The molecule has 2 N–H and O–H groups in total. The van der Waals surface area contributed by atoms with Gasteiger partial charge in [0.05, 0.1) is 25.0 Å². The fourth-order valence-electron chi connectivity index (χ4n) is 3.65. The van der Waals surface area contributed by atoms with Crippen LogP contribution in [0.1, 0.15) is 16.7 Å². The number of amides is 2. The van der Waals surface area contributed by atoms with Gasteiger partial charge in [-0.05, 0) is 65.6 Å². The van der Waals surface area contributed by atoms with E-state index in [0.29, 0.717) is 40.5 Å². The van der Waals surface area contributed by atoms with E-state index in [2.05, 4.69) is 5.32 Å². The van der Waals surface area contributed by atoms with Crippen LogP contribution in [0.15, 0.2) is 66.7 Å².